The van der Waals surface area contributed by atoms with Gasteiger partial charge >= 0.3 is 0 Å². The zero-order valence-electron chi connectivity index (χ0n) is 22.9. The summed E-state index contributed by atoms with van der Waals surface area (Å²) in [6, 6.07) is 6.76. The Bertz CT molecular complexity index is 1380. The largest absolute Gasteiger partial charge is 0.504 e. The Balaban J connectivity index is 1.31. The van der Waals surface area contributed by atoms with Gasteiger partial charge in [-0.25, -0.2) is 0 Å². The average Bonchev–Trinajstić information content (AvgIpc) is 3.30. The minimum atomic E-state index is -1.74. The molecule has 1 unspecified atom stereocenters. The van der Waals surface area contributed by atoms with Crippen molar-refractivity contribution in [2.24, 2.45) is 0 Å². The Labute approximate surface area is 244 Å². The average molecular weight is 609 g/mol. The maximum atomic E-state index is 13.0. The molecule has 2 aromatic carbocycles. The van der Waals surface area contributed by atoms with Crippen LogP contribution in [0.1, 0.15) is 22.8 Å². The number of ether oxygens (including phenoxy) is 6. The number of carbonyl (C=O) groups is 1. The van der Waals surface area contributed by atoms with Crippen molar-refractivity contribution in [3.8, 4) is 28.7 Å². The van der Waals surface area contributed by atoms with E-state index in [1.165, 1.54) is 50.4 Å². The number of hydrogen-bond donors (Lipinski definition) is 8. The highest BCUT2D eigenvalue weighted by Crippen LogP contribution is 2.46. The van der Waals surface area contributed by atoms with Gasteiger partial charge in [-0.2, -0.15) is 0 Å². The molecule has 2 fully saturated rings. The first-order chi connectivity index (χ1) is 20.4. The summed E-state index contributed by atoms with van der Waals surface area (Å²) in [6.45, 7) is 0.804. The van der Waals surface area contributed by atoms with Crippen molar-refractivity contribution in [3.05, 3.63) is 47.2 Å². The number of hydrogen-bond acceptors (Lipinski definition) is 15. The lowest BCUT2D eigenvalue weighted by Gasteiger charge is -2.45. The fourth-order valence-corrected chi connectivity index (χ4v) is 5.03. The smallest absolute Gasteiger partial charge is 0.232 e. The predicted molar refractivity (Wildman–Crippen MR) is 141 cm³/mol. The Morgan fingerprint density at radius 2 is 1.60 bits per heavy atom. The first kappa shape index (κ1) is 30.9. The highest BCUT2D eigenvalue weighted by atomic mass is 16.7. The molecule has 0 aromatic heterocycles. The summed E-state index contributed by atoms with van der Waals surface area (Å²) in [5, 5.41) is 80.7. The van der Waals surface area contributed by atoms with Gasteiger partial charge in [0.2, 0.25) is 17.8 Å². The molecule has 15 heteroatoms. The summed E-state index contributed by atoms with van der Waals surface area (Å²) in [5.74, 6) is -1.29. The van der Waals surface area contributed by atoms with Crippen LogP contribution in [0.2, 0.25) is 0 Å². The molecule has 5 rings (SSSR count). The number of allylic oxidation sites excluding steroid dienone is 1. The maximum absolute atomic E-state index is 13.0. The van der Waals surface area contributed by atoms with Gasteiger partial charge in [0.15, 0.2) is 35.0 Å². The van der Waals surface area contributed by atoms with E-state index in [0.717, 1.165) is 0 Å². The monoisotopic (exact) mass is 608 g/mol. The third-order valence-corrected chi connectivity index (χ3v) is 7.42. The molecule has 0 radical (unpaired) electrons. The summed E-state index contributed by atoms with van der Waals surface area (Å²) in [4.78, 5) is 13.0. The minimum Gasteiger partial charge on any atom is -0.504 e. The van der Waals surface area contributed by atoms with E-state index in [9.17, 15) is 45.6 Å². The summed E-state index contributed by atoms with van der Waals surface area (Å²) < 4.78 is 33.7. The molecule has 43 heavy (non-hydrogen) atoms. The maximum Gasteiger partial charge on any atom is 0.232 e. The Morgan fingerprint density at radius 3 is 2.28 bits per heavy atom. The van der Waals surface area contributed by atoms with Crippen molar-refractivity contribution in [2.75, 3.05) is 13.7 Å². The molecule has 3 aliphatic heterocycles. The fraction of sp³-hybridized carbons (Fsp3) is 0.464. The molecule has 0 saturated carbocycles. The van der Waals surface area contributed by atoms with Gasteiger partial charge in [0, 0.05) is 0 Å². The molecule has 2 aromatic rings. The molecule has 234 valence electrons. The number of phenols is 2. The van der Waals surface area contributed by atoms with Gasteiger partial charge in [-0.15, -0.1) is 0 Å². The van der Waals surface area contributed by atoms with E-state index in [-0.39, 0.29) is 40.1 Å². The number of ketones is 1. The number of aliphatic hydroxyl groups is 6. The van der Waals surface area contributed by atoms with Crippen molar-refractivity contribution in [1.29, 1.82) is 0 Å². The second kappa shape index (κ2) is 12.2. The second-order valence-corrected chi connectivity index (χ2v) is 10.3. The van der Waals surface area contributed by atoms with Gasteiger partial charge in [0.1, 0.15) is 42.7 Å². The van der Waals surface area contributed by atoms with Gasteiger partial charge < -0.3 is 69.3 Å². The molecule has 3 heterocycles. The molecule has 0 aliphatic carbocycles. The van der Waals surface area contributed by atoms with Crippen molar-refractivity contribution in [3.63, 3.8) is 0 Å². The van der Waals surface area contributed by atoms with Gasteiger partial charge in [0.25, 0.3) is 0 Å². The molecule has 0 spiro atoms. The number of methoxy groups -OCH3 is 1. The Hall–Kier alpha value is -3.51. The van der Waals surface area contributed by atoms with E-state index < -0.39 is 73.8 Å². The molecular formula is C28H32O15. The molecule has 2 saturated heterocycles. The lowest BCUT2D eigenvalue weighted by atomic mass is 9.97. The van der Waals surface area contributed by atoms with Crippen molar-refractivity contribution in [1.82, 2.24) is 0 Å². The van der Waals surface area contributed by atoms with Crippen LogP contribution >= 0.6 is 0 Å². The van der Waals surface area contributed by atoms with Crippen molar-refractivity contribution in [2.45, 2.75) is 68.3 Å². The number of Topliss-reactive ketones (excluding diaryl/α,β-unsaturated/α-hetero) is 1. The summed E-state index contributed by atoms with van der Waals surface area (Å²) >= 11 is 0. The van der Waals surface area contributed by atoms with Crippen LogP contribution in [0.3, 0.4) is 0 Å². The van der Waals surface area contributed by atoms with Crippen LogP contribution in [0.25, 0.3) is 6.08 Å². The van der Waals surface area contributed by atoms with Crippen LogP contribution in [0, 0.1) is 0 Å². The van der Waals surface area contributed by atoms with E-state index in [1.54, 1.807) is 0 Å². The molecular weight excluding hydrogens is 576 g/mol. The standard InChI is InChI=1S/C28H32O15/c1-10-24(43-28-22(36)20(34)19(33)17(9-29)42-28)21(35)23(37)27(39-10)41-15-6-4-12-18(32)16(40-25(12)26(15)38-2)8-11-3-5-13(30)14(31)7-11/h3-8,10,17,19-24,27-31,33-37H,9H2,1-2H3/t10-,17+,19+,20?,21-,22+,23+,24-,27-,28-/m0/s1. The summed E-state index contributed by atoms with van der Waals surface area (Å²) in [7, 11) is 1.30. The van der Waals surface area contributed by atoms with Crippen LogP contribution in [-0.2, 0) is 14.2 Å². The lowest BCUT2D eigenvalue weighted by molar-refractivity contribution is -0.348. The second-order valence-electron chi connectivity index (χ2n) is 10.3. The van der Waals surface area contributed by atoms with Crippen LogP contribution < -0.4 is 14.2 Å². The van der Waals surface area contributed by atoms with E-state index in [0.29, 0.717) is 5.56 Å². The fourth-order valence-electron chi connectivity index (χ4n) is 5.03. The zero-order valence-corrected chi connectivity index (χ0v) is 22.9. The third-order valence-electron chi connectivity index (χ3n) is 7.42. The summed E-state index contributed by atoms with van der Waals surface area (Å²) in [6.07, 6.45) is -13.6. The van der Waals surface area contributed by atoms with Gasteiger partial charge in [0.05, 0.1) is 25.4 Å². The number of rotatable bonds is 7. The molecule has 0 amide bonds. The quantitative estimate of drug-likeness (QED) is 0.136. The zero-order chi connectivity index (χ0) is 31.2. The normalized spacial score (nSPS) is 35.0. The van der Waals surface area contributed by atoms with Crippen molar-refractivity contribution >= 4 is 11.9 Å². The van der Waals surface area contributed by atoms with Crippen LogP contribution in [0.4, 0.5) is 0 Å². The number of benzene rings is 2. The molecule has 15 nitrogen and oxygen atoms in total. The number of aliphatic hydroxyl groups excluding tert-OH is 6. The van der Waals surface area contributed by atoms with Crippen LogP contribution in [0.5, 0.6) is 28.7 Å². The first-order valence-corrected chi connectivity index (χ1v) is 13.3. The third kappa shape index (κ3) is 5.74. The van der Waals surface area contributed by atoms with E-state index in [1.807, 2.05) is 0 Å². The van der Waals surface area contributed by atoms with Crippen LogP contribution in [0.15, 0.2) is 36.1 Å². The minimum absolute atomic E-state index is 0.00525. The number of fused-ring (bicyclic) bond motifs is 1. The Morgan fingerprint density at radius 1 is 0.884 bits per heavy atom. The molecule has 8 N–H and O–H groups in total. The Kier molecular flexibility index (Phi) is 8.80. The summed E-state index contributed by atoms with van der Waals surface area (Å²) in [5.41, 5.74) is 0.522. The number of phenolic OH excluding ortho intramolecular Hbond substituents is 2. The highest BCUT2D eigenvalue weighted by Gasteiger charge is 2.50. The van der Waals surface area contributed by atoms with Gasteiger partial charge in [-0.1, -0.05) is 6.07 Å². The number of aromatic hydroxyl groups is 2. The van der Waals surface area contributed by atoms with E-state index in [4.69, 9.17) is 28.4 Å². The SMILES string of the molecule is COc1c(O[C@@H]2O[C@@H](C)[C@H](O[C@@H]3O[C@H](CO)[C@@H](O)C(O)[C@H]3O)[C@@H](O)[C@H]2O)ccc2c1OC(=Cc1ccc(O)c(O)c1)C2=O. The lowest BCUT2D eigenvalue weighted by Crippen LogP contribution is -2.64. The van der Waals surface area contributed by atoms with E-state index in [2.05, 4.69) is 0 Å². The first-order valence-electron chi connectivity index (χ1n) is 13.3. The number of carbonyl (C=O) groups excluding carboxylic acids is 1. The van der Waals surface area contributed by atoms with Crippen molar-refractivity contribution < 1.29 is 74.1 Å². The predicted octanol–water partition coefficient (Wildman–Crippen LogP) is -1.25. The van der Waals surface area contributed by atoms with E-state index >= 15 is 0 Å². The van der Waals surface area contributed by atoms with Gasteiger partial charge in [-0.3, -0.25) is 4.79 Å². The van der Waals surface area contributed by atoms with Gasteiger partial charge in [-0.05, 0) is 42.8 Å². The van der Waals surface area contributed by atoms with Crippen LogP contribution in [-0.4, -0.2) is 122 Å². The highest BCUT2D eigenvalue weighted by molar-refractivity contribution is 6.15. The molecule has 3 aliphatic rings. The molecule has 10 atom stereocenters. The topological polar surface area (TPSA) is 234 Å². The molecule has 0 bridgehead atoms.